The Balaban J connectivity index is 2.23. The molecule has 0 heterocycles. The van der Waals surface area contributed by atoms with Gasteiger partial charge in [0.25, 0.3) is 5.91 Å². The molecule has 5 nitrogen and oxygen atoms in total. The fourth-order valence-electron chi connectivity index (χ4n) is 2.21. The van der Waals surface area contributed by atoms with E-state index >= 15 is 0 Å². The van der Waals surface area contributed by atoms with E-state index in [2.05, 4.69) is 16.6 Å². The summed E-state index contributed by atoms with van der Waals surface area (Å²) in [4.78, 5) is 12.2. The van der Waals surface area contributed by atoms with E-state index in [1.165, 1.54) is 36.4 Å². The normalized spacial score (nSPS) is 12.4. The predicted octanol–water partition coefficient (Wildman–Crippen LogP) is 3.43. The average molecular weight is 397 g/mol. The third kappa shape index (κ3) is 4.91. The van der Waals surface area contributed by atoms with Crippen LogP contribution in [0.2, 0.25) is 5.02 Å². The van der Waals surface area contributed by atoms with E-state index in [0.717, 1.165) is 0 Å². The minimum atomic E-state index is -3.87. The van der Waals surface area contributed by atoms with Crippen LogP contribution >= 0.6 is 11.6 Å². The predicted molar refractivity (Wildman–Crippen MR) is 99.1 cm³/mol. The fourth-order valence-corrected chi connectivity index (χ4v) is 3.73. The Bertz CT molecular complexity index is 915. The van der Waals surface area contributed by atoms with Gasteiger partial charge in [-0.15, -0.1) is 6.58 Å². The number of rotatable bonds is 7. The van der Waals surface area contributed by atoms with E-state index in [1.807, 2.05) is 0 Å². The Morgan fingerprint density at radius 3 is 2.54 bits per heavy atom. The maximum Gasteiger partial charge on any atom is 0.251 e. The second kappa shape index (κ2) is 8.44. The van der Waals surface area contributed by atoms with Crippen molar-refractivity contribution in [3.63, 3.8) is 0 Å². The van der Waals surface area contributed by atoms with E-state index in [-0.39, 0.29) is 27.8 Å². The Kier molecular flexibility index (Phi) is 6.52. The number of hydrogen-bond acceptors (Lipinski definition) is 3. The number of nitrogens with one attached hydrogen (secondary N) is 2. The zero-order chi connectivity index (χ0) is 19.3. The first-order chi connectivity index (χ1) is 12.2. The summed E-state index contributed by atoms with van der Waals surface area (Å²) in [5.41, 5.74) is 0.858. The van der Waals surface area contributed by atoms with Gasteiger partial charge >= 0.3 is 0 Å². The van der Waals surface area contributed by atoms with Crippen molar-refractivity contribution in [2.75, 3.05) is 6.54 Å². The molecule has 0 radical (unpaired) electrons. The summed E-state index contributed by atoms with van der Waals surface area (Å²) in [5, 5.41) is 2.74. The molecule has 0 spiro atoms. The van der Waals surface area contributed by atoms with Gasteiger partial charge in [-0.2, -0.15) is 0 Å². The molecule has 0 saturated heterocycles. The molecule has 0 saturated carbocycles. The van der Waals surface area contributed by atoms with Crippen LogP contribution in [0.5, 0.6) is 0 Å². The maximum absolute atomic E-state index is 13.0. The quantitative estimate of drug-likeness (QED) is 0.704. The van der Waals surface area contributed by atoms with E-state index in [0.29, 0.717) is 5.56 Å². The molecule has 0 aliphatic rings. The first kappa shape index (κ1) is 20.1. The monoisotopic (exact) mass is 396 g/mol. The highest BCUT2D eigenvalue weighted by Crippen LogP contribution is 2.23. The van der Waals surface area contributed by atoms with Crippen LogP contribution < -0.4 is 10.0 Å². The SMILES string of the molecule is C=CCNS(=O)(=O)c1cc(C(=O)N[C@@H](C)c2ccc(F)cc2)ccc1Cl. The molecule has 0 unspecified atom stereocenters. The molecule has 1 amide bonds. The van der Waals surface area contributed by atoms with Gasteiger partial charge in [-0.25, -0.2) is 17.5 Å². The van der Waals surface area contributed by atoms with Crippen molar-refractivity contribution in [2.24, 2.45) is 0 Å². The molecule has 0 aliphatic heterocycles. The Morgan fingerprint density at radius 2 is 1.92 bits per heavy atom. The summed E-state index contributed by atoms with van der Waals surface area (Å²) in [6.45, 7) is 5.22. The number of sulfonamides is 1. The van der Waals surface area contributed by atoms with Gasteiger partial charge < -0.3 is 5.32 Å². The molecule has 2 rings (SSSR count). The van der Waals surface area contributed by atoms with Crippen LogP contribution in [0.25, 0.3) is 0 Å². The van der Waals surface area contributed by atoms with Crippen molar-refractivity contribution in [1.29, 1.82) is 0 Å². The molecule has 0 aromatic heterocycles. The standard InChI is InChI=1S/C18H18ClFN2O3S/c1-3-10-21-26(24,25)17-11-14(6-9-16(17)19)18(23)22-12(2)13-4-7-15(20)8-5-13/h3-9,11-12,21H,1,10H2,2H3,(H,22,23)/t12-/m0/s1. The summed E-state index contributed by atoms with van der Waals surface area (Å²) < 4.78 is 39.8. The molecule has 2 aromatic carbocycles. The Morgan fingerprint density at radius 1 is 1.27 bits per heavy atom. The molecular formula is C18H18ClFN2O3S. The van der Waals surface area contributed by atoms with Gasteiger partial charge in [0.05, 0.1) is 11.1 Å². The van der Waals surface area contributed by atoms with Crippen molar-refractivity contribution in [1.82, 2.24) is 10.0 Å². The van der Waals surface area contributed by atoms with E-state index in [4.69, 9.17) is 11.6 Å². The second-order valence-corrected chi connectivity index (χ2v) is 7.68. The minimum Gasteiger partial charge on any atom is -0.346 e. The molecule has 138 valence electrons. The summed E-state index contributed by atoms with van der Waals surface area (Å²) >= 11 is 5.97. The largest absolute Gasteiger partial charge is 0.346 e. The lowest BCUT2D eigenvalue weighted by Gasteiger charge is -2.15. The zero-order valence-electron chi connectivity index (χ0n) is 14.0. The average Bonchev–Trinajstić information content (AvgIpc) is 2.60. The lowest BCUT2D eigenvalue weighted by atomic mass is 10.1. The molecule has 1 atom stereocenters. The van der Waals surface area contributed by atoms with Crippen molar-refractivity contribution >= 4 is 27.5 Å². The van der Waals surface area contributed by atoms with E-state index in [1.54, 1.807) is 19.1 Å². The van der Waals surface area contributed by atoms with Crippen molar-refractivity contribution in [3.05, 3.63) is 77.1 Å². The molecule has 0 aliphatic carbocycles. The zero-order valence-corrected chi connectivity index (χ0v) is 15.6. The molecule has 2 aromatic rings. The van der Waals surface area contributed by atoms with Gasteiger partial charge in [0.2, 0.25) is 10.0 Å². The number of benzene rings is 2. The van der Waals surface area contributed by atoms with Gasteiger partial charge in [-0.1, -0.05) is 29.8 Å². The smallest absolute Gasteiger partial charge is 0.251 e. The first-order valence-electron chi connectivity index (χ1n) is 7.71. The van der Waals surface area contributed by atoms with Crippen LogP contribution in [0, 0.1) is 5.82 Å². The molecule has 0 fully saturated rings. The van der Waals surface area contributed by atoms with Crippen LogP contribution in [0.15, 0.2) is 60.0 Å². The number of hydrogen-bond donors (Lipinski definition) is 2. The van der Waals surface area contributed by atoms with Gasteiger partial charge in [-0.3, -0.25) is 4.79 Å². The summed E-state index contributed by atoms with van der Waals surface area (Å²) in [6.07, 6.45) is 1.40. The van der Waals surface area contributed by atoms with Crippen LogP contribution in [0.3, 0.4) is 0 Å². The van der Waals surface area contributed by atoms with E-state index < -0.39 is 22.0 Å². The number of halogens is 2. The fraction of sp³-hybridized carbons (Fsp3) is 0.167. The van der Waals surface area contributed by atoms with Crippen LogP contribution in [-0.4, -0.2) is 20.9 Å². The molecular weight excluding hydrogens is 379 g/mol. The molecule has 0 bridgehead atoms. The molecule has 2 N–H and O–H groups in total. The first-order valence-corrected chi connectivity index (χ1v) is 9.57. The lowest BCUT2D eigenvalue weighted by Crippen LogP contribution is -2.28. The topological polar surface area (TPSA) is 75.3 Å². The number of carbonyl (C=O) groups is 1. The third-order valence-corrected chi connectivity index (χ3v) is 5.52. The molecule has 26 heavy (non-hydrogen) atoms. The summed E-state index contributed by atoms with van der Waals surface area (Å²) in [7, 11) is -3.87. The van der Waals surface area contributed by atoms with Crippen molar-refractivity contribution in [3.8, 4) is 0 Å². The number of amides is 1. The number of carbonyl (C=O) groups excluding carboxylic acids is 1. The van der Waals surface area contributed by atoms with Gasteiger partial charge in [0, 0.05) is 12.1 Å². The highest BCUT2D eigenvalue weighted by atomic mass is 35.5. The maximum atomic E-state index is 13.0. The van der Waals surface area contributed by atoms with Gasteiger partial charge in [0.1, 0.15) is 10.7 Å². The second-order valence-electron chi connectivity index (χ2n) is 5.53. The Labute approximate surface area is 156 Å². The lowest BCUT2D eigenvalue weighted by molar-refractivity contribution is 0.0939. The molecule has 8 heteroatoms. The van der Waals surface area contributed by atoms with E-state index in [9.17, 15) is 17.6 Å². The van der Waals surface area contributed by atoms with Crippen LogP contribution in [0.1, 0.15) is 28.9 Å². The Hall–Kier alpha value is -2.22. The van der Waals surface area contributed by atoms with Crippen molar-refractivity contribution in [2.45, 2.75) is 17.9 Å². The minimum absolute atomic E-state index is 0.00435. The van der Waals surface area contributed by atoms with Gasteiger partial charge in [-0.05, 0) is 42.8 Å². The highest BCUT2D eigenvalue weighted by Gasteiger charge is 2.20. The summed E-state index contributed by atoms with van der Waals surface area (Å²) in [6, 6.07) is 9.34. The van der Waals surface area contributed by atoms with Gasteiger partial charge in [0.15, 0.2) is 0 Å². The summed E-state index contributed by atoms with van der Waals surface area (Å²) in [5.74, 6) is -0.842. The van der Waals surface area contributed by atoms with Crippen LogP contribution in [-0.2, 0) is 10.0 Å². The van der Waals surface area contributed by atoms with Crippen molar-refractivity contribution < 1.29 is 17.6 Å². The van der Waals surface area contributed by atoms with Crippen LogP contribution in [0.4, 0.5) is 4.39 Å². The third-order valence-electron chi connectivity index (χ3n) is 3.62. The highest BCUT2D eigenvalue weighted by molar-refractivity contribution is 7.89.